The summed E-state index contributed by atoms with van der Waals surface area (Å²) in [5, 5.41) is 0. The zero-order valence-electron chi connectivity index (χ0n) is 14.0. The van der Waals surface area contributed by atoms with Gasteiger partial charge in [-0.15, -0.1) is 0 Å². The molecule has 0 bridgehead atoms. The molecule has 3 nitrogen and oxygen atoms in total. The van der Waals surface area contributed by atoms with Crippen LogP contribution in [0.4, 0.5) is 0 Å². The molecular weight excluding hydrogens is 288 g/mol. The maximum absolute atomic E-state index is 12.4. The van der Waals surface area contributed by atoms with Gasteiger partial charge >= 0.3 is 0 Å². The lowest BCUT2D eigenvalue weighted by molar-refractivity contribution is -0.164. The Balaban J connectivity index is 1.49. The number of ketones is 1. The smallest absolute Gasteiger partial charge is 0.172 e. The molecule has 4 aliphatic carbocycles. The van der Waals surface area contributed by atoms with E-state index in [1.165, 1.54) is 12.8 Å². The van der Waals surface area contributed by atoms with Crippen molar-refractivity contribution in [3.8, 4) is 0 Å². The quantitative estimate of drug-likeness (QED) is 0.679. The molecule has 3 atom stereocenters. The summed E-state index contributed by atoms with van der Waals surface area (Å²) in [6.07, 6.45) is 10.7. The Hall–Kier alpha value is -0.930. The highest BCUT2D eigenvalue weighted by atomic mass is 16.7. The number of allylic oxidation sites excluding steroid dienone is 3. The minimum Gasteiger partial charge on any atom is -0.347 e. The van der Waals surface area contributed by atoms with Gasteiger partial charge in [-0.1, -0.05) is 18.6 Å². The first-order valence-corrected chi connectivity index (χ1v) is 9.34. The van der Waals surface area contributed by atoms with Crippen molar-refractivity contribution in [2.45, 2.75) is 64.1 Å². The second-order valence-electron chi connectivity index (χ2n) is 8.36. The zero-order valence-corrected chi connectivity index (χ0v) is 14.0. The number of carbonyl (C=O) groups is 1. The molecular formula is C20H26O3. The van der Waals surface area contributed by atoms with Crippen LogP contribution in [0, 0.1) is 17.3 Å². The van der Waals surface area contributed by atoms with Crippen LogP contribution in [0.15, 0.2) is 22.8 Å². The van der Waals surface area contributed by atoms with Gasteiger partial charge in [-0.2, -0.15) is 0 Å². The van der Waals surface area contributed by atoms with Crippen molar-refractivity contribution in [3.63, 3.8) is 0 Å². The molecule has 0 radical (unpaired) electrons. The van der Waals surface area contributed by atoms with Crippen LogP contribution in [0.1, 0.15) is 58.3 Å². The van der Waals surface area contributed by atoms with E-state index in [9.17, 15) is 4.79 Å². The Morgan fingerprint density at radius 1 is 1.13 bits per heavy atom. The van der Waals surface area contributed by atoms with E-state index in [0.717, 1.165) is 51.7 Å². The number of fused-ring (bicyclic) bond motifs is 4. The summed E-state index contributed by atoms with van der Waals surface area (Å²) < 4.78 is 11.9. The van der Waals surface area contributed by atoms with Gasteiger partial charge in [0.2, 0.25) is 0 Å². The summed E-state index contributed by atoms with van der Waals surface area (Å²) in [5.41, 5.74) is 4.71. The minimum atomic E-state index is -0.307. The third-order valence-electron chi connectivity index (χ3n) is 7.35. The predicted molar refractivity (Wildman–Crippen MR) is 86.8 cm³/mol. The van der Waals surface area contributed by atoms with Crippen molar-refractivity contribution in [3.05, 3.63) is 22.8 Å². The van der Waals surface area contributed by atoms with Crippen molar-refractivity contribution < 1.29 is 14.3 Å². The molecule has 1 saturated heterocycles. The molecule has 5 aliphatic rings. The van der Waals surface area contributed by atoms with Gasteiger partial charge < -0.3 is 9.47 Å². The van der Waals surface area contributed by atoms with Crippen LogP contribution in [0.5, 0.6) is 0 Å². The van der Waals surface area contributed by atoms with Gasteiger partial charge in [-0.3, -0.25) is 4.79 Å². The van der Waals surface area contributed by atoms with Gasteiger partial charge in [0, 0.05) is 24.7 Å². The number of hydrogen-bond acceptors (Lipinski definition) is 3. The number of rotatable bonds is 0. The van der Waals surface area contributed by atoms with Crippen molar-refractivity contribution in [2.24, 2.45) is 17.3 Å². The second kappa shape index (κ2) is 4.80. The van der Waals surface area contributed by atoms with Gasteiger partial charge in [-0.05, 0) is 55.1 Å². The van der Waals surface area contributed by atoms with Crippen LogP contribution in [0.3, 0.4) is 0 Å². The van der Waals surface area contributed by atoms with E-state index >= 15 is 0 Å². The molecule has 1 heterocycles. The van der Waals surface area contributed by atoms with E-state index in [1.807, 2.05) is 0 Å². The first-order chi connectivity index (χ1) is 11.1. The van der Waals surface area contributed by atoms with E-state index in [-0.39, 0.29) is 11.2 Å². The highest BCUT2D eigenvalue weighted by molar-refractivity contribution is 5.87. The van der Waals surface area contributed by atoms with Crippen molar-refractivity contribution in [1.29, 1.82) is 0 Å². The fourth-order valence-electron chi connectivity index (χ4n) is 6.08. The molecule has 0 aromatic carbocycles. The molecule has 1 aliphatic heterocycles. The van der Waals surface area contributed by atoms with Crippen LogP contribution in [-0.2, 0) is 14.3 Å². The third kappa shape index (κ3) is 1.93. The molecule has 0 amide bonds. The van der Waals surface area contributed by atoms with Gasteiger partial charge in [0.15, 0.2) is 5.79 Å². The molecule has 5 rings (SSSR count). The van der Waals surface area contributed by atoms with Crippen LogP contribution in [0.25, 0.3) is 0 Å². The maximum atomic E-state index is 12.4. The van der Waals surface area contributed by atoms with E-state index in [1.54, 1.807) is 16.7 Å². The number of Topliss-reactive ketones (excluding diaryl/α,β-unsaturated/α-hetero) is 1. The fraction of sp³-hybridized carbons (Fsp3) is 0.750. The van der Waals surface area contributed by atoms with E-state index in [2.05, 4.69) is 13.0 Å². The normalized spacial score (nSPS) is 41.6. The van der Waals surface area contributed by atoms with Gasteiger partial charge in [0.05, 0.1) is 13.2 Å². The van der Waals surface area contributed by atoms with Crippen molar-refractivity contribution >= 4 is 5.78 Å². The summed E-state index contributed by atoms with van der Waals surface area (Å²) in [6.45, 7) is 3.72. The monoisotopic (exact) mass is 314 g/mol. The fourth-order valence-corrected chi connectivity index (χ4v) is 6.08. The van der Waals surface area contributed by atoms with Crippen LogP contribution in [0.2, 0.25) is 0 Å². The standard InChI is InChI=1S/C20H26O3/c1-19-8-6-15-14-7-9-20(22-10-11-23-20)12-13(14)2-3-16(15)17(19)4-5-18(19)21/h6,16-17H,2-5,7-12H2,1H3/t16-,17?,19+/m1/s1. The Labute approximate surface area is 138 Å². The van der Waals surface area contributed by atoms with E-state index in [0.29, 0.717) is 17.6 Å². The molecule has 0 aromatic heterocycles. The predicted octanol–water partition coefficient (Wildman–Crippen LogP) is 3.94. The summed E-state index contributed by atoms with van der Waals surface area (Å²) in [7, 11) is 0. The molecule has 2 fully saturated rings. The Bertz CT molecular complexity index is 623. The SMILES string of the molecule is C[C@]12CC=C3C4=C(CC[C@H]3C1CCC2=O)CC1(CC4)OCCO1. The summed E-state index contributed by atoms with van der Waals surface area (Å²) in [4.78, 5) is 12.4. The number of hydrogen-bond donors (Lipinski definition) is 0. The Kier molecular flexibility index (Phi) is 3.01. The van der Waals surface area contributed by atoms with Gasteiger partial charge in [0.25, 0.3) is 0 Å². The minimum absolute atomic E-state index is 0.0696. The first-order valence-electron chi connectivity index (χ1n) is 9.34. The molecule has 1 spiro atoms. The van der Waals surface area contributed by atoms with Gasteiger partial charge in [0.1, 0.15) is 5.78 Å². The van der Waals surface area contributed by atoms with Gasteiger partial charge in [-0.25, -0.2) is 0 Å². The second-order valence-corrected chi connectivity index (χ2v) is 8.36. The zero-order chi connectivity index (χ0) is 15.7. The number of ether oxygens (including phenoxy) is 2. The largest absolute Gasteiger partial charge is 0.347 e. The van der Waals surface area contributed by atoms with Crippen LogP contribution in [-0.4, -0.2) is 24.8 Å². The summed E-state index contributed by atoms with van der Waals surface area (Å²) in [5.74, 6) is 1.41. The summed E-state index contributed by atoms with van der Waals surface area (Å²) >= 11 is 0. The molecule has 3 heteroatoms. The number of carbonyl (C=O) groups excluding carboxylic acids is 1. The van der Waals surface area contributed by atoms with E-state index in [4.69, 9.17) is 9.47 Å². The molecule has 0 aromatic rings. The average molecular weight is 314 g/mol. The van der Waals surface area contributed by atoms with Crippen LogP contribution < -0.4 is 0 Å². The molecule has 1 unspecified atom stereocenters. The molecule has 1 saturated carbocycles. The average Bonchev–Trinajstić information content (AvgIpc) is 3.12. The lowest BCUT2D eigenvalue weighted by Gasteiger charge is -2.46. The van der Waals surface area contributed by atoms with E-state index < -0.39 is 0 Å². The first kappa shape index (κ1) is 14.4. The highest BCUT2D eigenvalue weighted by Gasteiger charge is 2.53. The summed E-state index contributed by atoms with van der Waals surface area (Å²) in [6, 6.07) is 0. The maximum Gasteiger partial charge on any atom is 0.172 e. The Morgan fingerprint density at radius 3 is 2.78 bits per heavy atom. The molecule has 0 N–H and O–H groups in total. The van der Waals surface area contributed by atoms with Crippen molar-refractivity contribution in [1.82, 2.24) is 0 Å². The lowest BCUT2D eigenvalue weighted by atomic mass is 9.58. The topological polar surface area (TPSA) is 35.5 Å². The lowest BCUT2D eigenvalue weighted by Crippen LogP contribution is -2.41. The van der Waals surface area contributed by atoms with Crippen LogP contribution >= 0.6 is 0 Å². The highest BCUT2D eigenvalue weighted by Crippen LogP contribution is 2.58. The molecule has 23 heavy (non-hydrogen) atoms. The Morgan fingerprint density at radius 2 is 1.96 bits per heavy atom. The molecule has 124 valence electrons. The third-order valence-corrected chi connectivity index (χ3v) is 7.35. The van der Waals surface area contributed by atoms with Crippen molar-refractivity contribution in [2.75, 3.05) is 13.2 Å².